The Hall–Kier alpha value is -2.28. The van der Waals surface area contributed by atoms with Crippen LogP contribution < -0.4 is 11.1 Å². The number of allylic oxidation sites excluding steroid dienone is 1. The molecule has 0 saturated carbocycles. The number of amides is 1. The maximum atomic E-state index is 12.3. The van der Waals surface area contributed by atoms with Gasteiger partial charge in [-0.1, -0.05) is 17.8 Å². The molecule has 2 aromatic heterocycles. The van der Waals surface area contributed by atoms with E-state index in [1.165, 1.54) is 17.0 Å². The second kappa shape index (κ2) is 14.1. The first-order valence-electron chi connectivity index (χ1n) is 11.5. The lowest BCUT2D eigenvalue weighted by atomic mass is 10.1. The van der Waals surface area contributed by atoms with Crippen molar-refractivity contribution in [1.82, 2.24) is 24.8 Å². The summed E-state index contributed by atoms with van der Waals surface area (Å²) in [5, 5.41) is 13.1. The fraction of sp³-hybridized carbons (Fsp3) is 0.526. The van der Waals surface area contributed by atoms with Crippen molar-refractivity contribution in [3.05, 3.63) is 24.8 Å². The molecule has 0 aromatic carbocycles. The Labute approximate surface area is 231 Å². The van der Waals surface area contributed by atoms with Gasteiger partial charge in [0.15, 0.2) is 17.7 Å². The number of nitrogens with two attached hydrogens (primary N) is 1. The van der Waals surface area contributed by atoms with Crippen molar-refractivity contribution in [2.24, 2.45) is 0 Å². The van der Waals surface area contributed by atoms with E-state index in [0.717, 1.165) is 18.1 Å². The molecule has 18 nitrogen and oxygen atoms in total. The normalized spacial score (nSPS) is 23.0. The number of aliphatic hydroxyl groups is 1. The molecule has 40 heavy (non-hydrogen) atoms. The number of aromatic nitrogens is 4. The number of carbonyl (C=O) groups excluding carboxylic acids is 2. The molecule has 1 fully saturated rings. The summed E-state index contributed by atoms with van der Waals surface area (Å²) in [5.41, 5.74) is 6.16. The number of ether oxygens (including phenoxy) is 1. The highest BCUT2D eigenvalue weighted by Crippen LogP contribution is 2.47. The van der Waals surface area contributed by atoms with Crippen molar-refractivity contribution in [3.8, 4) is 0 Å². The first-order valence-corrected chi connectivity index (χ1v) is 15.5. The third kappa shape index (κ3) is 9.12. The average Bonchev–Trinajstić information content (AvgIpc) is 3.42. The van der Waals surface area contributed by atoms with Crippen LogP contribution in [0.1, 0.15) is 19.6 Å². The van der Waals surface area contributed by atoms with Crippen molar-refractivity contribution in [3.63, 3.8) is 0 Å². The average molecular weight is 626 g/mol. The molecular weight excluding hydrogens is 598 g/mol. The summed E-state index contributed by atoms with van der Waals surface area (Å²) in [7, 11) is -9.95. The van der Waals surface area contributed by atoms with E-state index in [1.807, 2.05) is 0 Å². The highest BCUT2D eigenvalue weighted by Gasteiger charge is 2.49. The number of rotatable bonds is 14. The molecule has 0 spiro atoms. The molecular formula is C19H28N6O12P2S. The van der Waals surface area contributed by atoms with Crippen molar-refractivity contribution in [1.29, 1.82) is 0 Å². The monoisotopic (exact) mass is 626 g/mol. The van der Waals surface area contributed by atoms with Gasteiger partial charge in [0.2, 0.25) is 11.0 Å². The van der Waals surface area contributed by atoms with Crippen LogP contribution in [-0.4, -0.2) is 94.2 Å². The first-order chi connectivity index (χ1) is 18.8. The second-order valence-electron chi connectivity index (χ2n) is 8.06. The zero-order chi connectivity index (χ0) is 29.5. The molecule has 5 atom stereocenters. The van der Waals surface area contributed by atoms with Crippen LogP contribution in [0.25, 0.3) is 11.2 Å². The highest BCUT2D eigenvalue weighted by molar-refractivity contribution is 8.14. The van der Waals surface area contributed by atoms with Gasteiger partial charge in [0.1, 0.15) is 36.5 Å². The number of nitrogens with zero attached hydrogens (tertiary/aromatic N) is 4. The van der Waals surface area contributed by atoms with Gasteiger partial charge in [-0.2, -0.15) is 0 Å². The SMILES string of the molecule is CC=CC(=O)SCCNC(=O)CCOP(=O)(O)OCC1OC(n2cnc3ncnc(N)c32)C(O)C1OP(=O)(O)O. The van der Waals surface area contributed by atoms with E-state index < -0.39 is 59.3 Å². The van der Waals surface area contributed by atoms with Crippen molar-refractivity contribution >= 4 is 55.4 Å². The predicted octanol–water partition coefficient (Wildman–Crippen LogP) is -0.379. The molecule has 0 aliphatic carbocycles. The van der Waals surface area contributed by atoms with E-state index >= 15 is 0 Å². The van der Waals surface area contributed by atoms with Gasteiger partial charge < -0.3 is 35.6 Å². The molecule has 1 aliphatic heterocycles. The molecule has 222 valence electrons. The summed E-state index contributed by atoms with van der Waals surface area (Å²) >= 11 is 1.01. The largest absolute Gasteiger partial charge is 0.472 e. The number of nitrogens with one attached hydrogen (secondary N) is 1. The van der Waals surface area contributed by atoms with E-state index in [9.17, 15) is 38.5 Å². The molecule has 2 aromatic rings. The number of carbonyl (C=O) groups is 2. The number of imidazole rings is 1. The van der Waals surface area contributed by atoms with Gasteiger partial charge in [-0.05, 0) is 13.0 Å². The molecule has 1 saturated heterocycles. The Morgan fingerprint density at radius 3 is 2.70 bits per heavy atom. The third-order valence-corrected chi connectivity index (χ3v) is 7.52. The Bertz CT molecular complexity index is 1320. The molecule has 3 heterocycles. The number of phosphoric acid groups is 2. The minimum absolute atomic E-state index is 0.0244. The van der Waals surface area contributed by atoms with Crippen LogP contribution in [0.2, 0.25) is 0 Å². The molecule has 7 N–H and O–H groups in total. The zero-order valence-corrected chi connectivity index (χ0v) is 23.5. The lowest BCUT2D eigenvalue weighted by Crippen LogP contribution is -2.35. The number of phosphoric ester groups is 2. The Kier molecular flexibility index (Phi) is 11.3. The molecule has 3 rings (SSSR count). The highest BCUT2D eigenvalue weighted by atomic mass is 32.2. The molecule has 21 heteroatoms. The standard InChI is InChI=1S/C19H28N6O12P2S/c1-2-3-13(27)40-7-5-21-12(26)4-6-34-39(32,33)35-8-11-16(37-38(29,30)31)15(28)19(36-11)25-10-24-18-14(25)17(20)22-9-23-18/h2-3,9-11,15-16,19,28H,4-8H2,1H3,(H,21,26)(H,32,33)(H2,20,22,23)(H2,29,30,31). The Morgan fingerprint density at radius 1 is 1.25 bits per heavy atom. The van der Waals surface area contributed by atoms with Gasteiger partial charge in [-0.3, -0.25) is 27.7 Å². The summed E-state index contributed by atoms with van der Waals surface area (Å²) in [4.78, 5) is 63.6. The lowest BCUT2D eigenvalue weighted by molar-refractivity contribution is -0.121. The van der Waals surface area contributed by atoms with E-state index in [-0.39, 0.29) is 35.1 Å². The number of nitrogen functional groups attached to an aromatic ring is 1. The lowest BCUT2D eigenvalue weighted by Gasteiger charge is -2.21. The first kappa shape index (κ1) is 32.2. The van der Waals surface area contributed by atoms with Gasteiger partial charge in [0.05, 0.1) is 19.6 Å². The van der Waals surface area contributed by atoms with Crippen LogP contribution in [0.4, 0.5) is 5.82 Å². The van der Waals surface area contributed by atoms with Gasteiger partial charge >= 0.3 is 15.6 Å². The van der Waals surface area contributed by atoms with E-state index in [1.54, 1.807) is 13.0 Å². The Balaban J connectivity index is 1.56. The van der Waals surface area contributed by atoms with Gasteiger partial charge in [0.25, 0.3) is 0 Å². The van der Waals surface area contributed by atoms with Crippen LogP contribution in [0.5, 0.6) is 0 Å². The summed E-state index contributed by atoms with van der Waals surface area (Å²) in [6, 6.07) is 0. The van der Waals surface area contributed by atoms with Gasteiger partial charge in [-0.15, -0.1) is 0 Å². The van der Waals surface area contributed by atoms with Crippen LogP contribution >= 0.6 is 27.4 Å². The smallest absolute Gasteiger partial charge is 0.386 e. The van der Waals surface area contributed by atoms with Crippen LogP contribution in [0.3, 0.4) is 0 Å². The molecule has 1 aliphatic rings. The third-order valence-electron chi connectivity index (χ3n) is 5.19. The van der Waals surface area contributed by atoms with Gasteiger partial charge in [0, 0.05) is 12.3 Å². The number of hydrogen-bond acceptors (Lipinski definition) is 14. The number of aliphatic hydroxyl groups excluding tert-OH is 1. The number of thioether (sulfide) groups is 1. The van der Waals surface area contributed by atoms with E-state index in [2.05, 4.69) is 24.8 Å². The minimum atomic E-state index is -5.17. The molecule has 0 bridgehead atoms. The maximum Gasteiger partial charge on any atom is 0.472 e. The topological polar surface area (TPSA) is 268 Å². The summed E-state index contributed by atoms with van der Waals surface area (Å²) in [6.07, 6.45) is -1.27. The van der Waals surface area contributed by atoms with E-state index in [4.69, 9.17) is 19.5 Å². The number of anilines is 1. The molecule has 5 unspecified atom stereocenters. The zero-order valence-electron chi connectivity index (χ0n) is 20.9. The van der Waals surface area contributed by atoms with Crippen LogP contribution in [0.15, 0.2) is 24.8 Å². The summed E-state index contributed by atoms with van der Waals surface area (Å²) in [5.74, 6) is -0.198. The maximum absolute atomic E-state index is 12.3. The van der Waals surface area contributed by atoms with Crippen molar-refractivity contribution in [2.75, 3.05) is 31.2 Å². The fourth-order valence-electron chi connectivity index (χ4n) is 3.54. The molecule has 0 radical (unpaired) electrons. The molecule has 1 amide bonds. The second-order valence-corrected chi connectivity index (χ2v) is 11.8. The number of fused-ring (bicyclic) bond motifs is 1. The number of hydrogen-bond donors (Lipinski definition) is 6. The quantitative estimate of drug-likeness (QED) is 0.0886. The van der Waals surface area contributed by atoms with E-state index in [0.29, 0.717) is 5.75 Å². The van der Waals surface area contributed by atoms with Crippen LogP contribution in [-0.2, 0) is 37.0 Å². The van der Waals surface area contributed by atoms with Crippen molar-refractivity contribution < 1.29 is 56.8 Å². The van der Waals surface area contributed by atoms with Crippen molar-refractivity contribution in [2.45, 2.75) is 37.9 Å². The van der Waals surface area contributed by atoms with Gasteiger partial charge in [-0.25, -0.2) is 24.1 Å². The summed E-state index contributed by atoms with van der Waals surface area (Å²) < 4.78 is 45.0. The summed E-state index contributed by atoms with van der Waals surface area (Å²) in [6.45, 7) is 0.570. The minimum Gasteiger partial charge on any atom is -0.386 e. The predicted molar refractivity (Wildman–Crippen MR) is 138 cm³/mol. The van der Waals surface area contributed by atoms with Crippen LogP contribution in [0, 0.1) is 0 Å². The fourth-order valence-corrected chi connectivity index (χ4v) is 5.48. The Morgan fingerprint density at radius 2 is 2.00 bits per heavy atom.